The number of rotatable bonds is 3. The number of nitrogens with zero attached hydrogens (tertiary/aromatic N) is 2. The molecule has 0 amide bonds. The molecule has 5 rings (SSSR count). The van der Waals surface area contributed by atoms with E-state index in [0.717, 1.165) is 33.8 Å². The van der Waals surface area contributed by atoms with Crippen LogP contribution in [-0.2, 0) is 10.8 Å². The van der Waals surface area contributed by atoms with Crippen molar-refractivity contribution in [2.75, 3.05) is 4.90 Å². The SMILES string of the molecule is C=C1C2(C)N=C(N(C(=N)C(C)(C)c3ccccc3)c3ccc(C)cc3C)c3ccccc3C12C. The summed E-state index contributed by atoms with van der Waals surface area (Å²) < 4.78 is 0. The van der Waals surface area contributed by atoms with E-state index in [-0.39, 0.29) is 11.0 Å². The van der Waals surface area contributed by atoms with Crippen molar-refractivity contribution in [1.29, 1.82) is 5.41 Å². The number of nitrogens with one attached hydrogen (secondary N) is 1. The minimum atomic E-state index is -0.529. The Bertz CT molecular complexity index is 1360. The molecule has 3 heteroatoms. The molecule has 2 unspecified atom stereocenters. The van der Waals surface area contributed by atoms with E-state index in [1.165, 1.54) is 11.1 Å². The molecule has 0 saturated heterocycles. The van der Waals surface area contributed by atoms with Crippen LogP contribution in [-0.4, -0.2) is 17.2 Å². The van der Waals surface area contributed by atoms with E-state index in [1.807, 2.05) is 18.2 Å². The predicted molar refractivity (Wildman–Crippen MR) is 143 cm³/mol. The van der Waals surface area contributed by atoms with Gasteiger partial charge in [0.15, 0.2) is 0 Å². The van der Waals surface area contributed by atoms with Crippen LogP contribution in [0.15, 0.2) is 89.9 Å². The first-order valence-electron chi connectivity index (χ1n) is 11.9. The zero-order valence-electron chi connectivity index (χ0n) is 21.0. The number of hydrogen-bond donors (Lipinski definition) is 1. The van der Waals surface area contributed by atoms with E-state index in [1.54, 1.807) is 0 Å². The second kappa shape index (κ2) is 7.27. The molecule has 0 aromatic heterocycles. The van der Waals surface area contributed by atoms with E-state index < -0.39 is 5.41 Å². The Hall–Kier alpha value is -3.46. The number of aliphatic imine (C=N–C) groups is 1. The molecule has 1 saturated carbocycles. The van der Waals surface area contributed by atoms with Gasteiger partial charge >= 0.3 is 0 Å². The molecule has 3 nitrogen and oxygen atoms in total. The standard InChI is InChI=1S/C31H33N3/c1-20-17-18-26(21(2)19-20)34(28(32)29(4,5)23-13-9-8-10-14-23)27-24-15-11-12-16-25(24)30(6)22(3)31(30,7)33-27/h8-19,32H,3H2,1-2,4-7H3. The van der Waals surface area contributed by atoms with Crippen LogP contribution >= 0.6 is 0 Å². The van der Waals surface area contributed by atoms with Crippen LogP contribution in [0.4, 0.5) is 5.69 Å². The van der Waals surface area contributed by atoms with Crippen molar-refractivity contribution in [3.05, 3.63) is 113 Å². The number of benzene rings is 3. The molecule has 1 heterocycles. The molecular weight excluding hydrogens is 414 g/mol. The fourth-order valence-corrected chi connectivity index (χ4v) is 5.59. The first kappa shape index (κ1) is 22.3. The van der Waals surface area contributed by atoms with Crippen molar-refractivity contribution < 1.29 is 0 Å². The number of fused-ring (bicyclic) bond motifs is 3. The van der Waals surface area contributed by atoms with Gasteiger partial charge in [-0.1, -0.05) is 78.9 Å². The molecule has 0 spiro atoms. The quantitative estimate of drug-likeness (QED) is 0.259. The third-order valence-electron chi connectivity index (χ3n) is 8.25. The highest BCUT2D eigenvalue weighted by Gasteiger charge is 2.69. The lowest BCUT2D eigenvalue weighted by molar-refractivity contribution is 0.601. The smallest absolute Gasteiger partial charge is 0.142 e. The summed E-state index contributed by atoms with van der Waals surface area (Å²) in [5.74, 6) is 1.33. The summed E-state index contributed by atoms with van der Waals surface area (Å²) in [6, 6.07) is 25.3. The Labute approximate surface area is 203 Å². The topological polar surface area (TPSA) is 39.5 Å². The lowest BCUT2D eigenvalue weighted by Crippen LogP contribution is -2.49. The van der Waals surface area contributed by atoms with E-state index in [4.69, 9.17) is 4.99 Å². The summed E-state index contributed by atoms with van der Waals surface area (Å²) in [7, 11) is 0. The van der Waals surface area contributed by atoms with Gasteiger partial charge in [0.05, 0.1) is 11.2 Å². The Balaban J connectivity index is 1.76. The molecule has 1 aliphatic carbocycles. The average molecular weight is 448 g/mol. The van der Waals surface area contributed by atoms with Gasteiger partial charge in [-0.2, -0.15) is 0 Å². The Kier molecular flexibility index (Phi) is 4.77. The van der Waals surface area contributed by atoms with Crippen molar-refractivity contribution in [2.24, 2.45) is 4.99 Å². The van der Waals surface area contributed by atoms with Crippen LogP contribution in [0.25, 0.3) is 0 Å². The number of anilines is 1. The van der Waals surface area contributed by atoms with Gasteiger partial charge in [-0.15, -0.1) is 0 Å². The van der Waals surface area contributed by atoms with Crippen molar-refractivity contribution in [2.45, 2.75) is 57.9 Å². The molecule has 1 aliphatic heterocycles. The first-order chi connectivity index (χ1) is 16.0. The molecule has 2 atom stereocenters. The molecule has 1 fully saturated rings. The summed E-state index contributed by atoms with van der Waals surface area (Å²) in [6.45, 7) is 17.3. The maximum atomic E-state index is 9.62. The highest BCUT2D eigenvalue weighted by molar-refractivity contribution is 6.28. The predicted octanol–water partition coefficient (Wildman–Crippen LogP) is 7.11. The summed E-state index contributed by atoms with van der Waals surface area (Å²) in [5.41, 5.74) is 6.82. The van der Waals surface area contributed by atoms with Crippen LogP contribution in [0.3, 0.4) is 0 Å². The average Bonchev–Trinajstić information content (AvgIpc) is 3.28. The zero-order valence-corrected chi connectivity index (χ0v) is 21.0. The molecule has 172 valence electrons. The van der Waals surface area contributed by atoms with Crippen molar-refractivity contribution >= 4 is 17.4 Å². The van der Waals surface area contributed by atoms with Gasteiger partial charge in [0.1, 0.15) is 11.7 Å². The van der Waals surface area contributed by atoms with Gasteiger partial charge in [0, 0.05) is 16.4 Å². The van der Waals surface area contributed by atoms with Gasteiger partial charge in [0.2, 0.25) is 0 Å². The van der Waals surface area contributed by atoms with E-state index in [2.05, 4.69) is 108 Å². The third-order valence-corrected chi connectivity index (χ3v) is 8.25. The summed E-state index contributed by atoms with van der Waals surface area (Å²) in [4.78, 5) is 7.43. The molecular formula is C31H33N3. The summed E-state index contributed by atoms with van der Waals surface area (Å²) in [5, 5.41) is 9.62. The molecule has 3 aromatic rings. The van der Waals surface area contributed by atoms with E-state index >= 15 is 0 Å². The molecule has 2 aliphatic rings. The lowest BCUT2D eigenvalue weighted by Gasteiger charge is -2.39. The second-order valence-electron chi connectivity index (χ2n) is 10.6. The van der Waals surface area contributed by atoms with Crippen LogP contribution in [0.1, 0.15) is 55.5 Å². The van der Waals surface area contributed by atoms with Crippen LogP contribution in [0, 0.1) is 19.3 Å². The van der Waals surface area contributed by atoms with Gasteiger partial charge < -0.3 is 0 Å². The molecule has 3 aromatic carbocycles. The minimum Gasteiger partial charge on any atom is -0.287 e. The molecule has 34 heavy (non-hydrogen) atoms. The highest BCUT2D eigenvalue weighted by Crippen LogP contribution is 2.66. The maximum absolute atomic E-state index is 9.62. The van der Waals surface area contributed by atoms with Gasteiger partial charge in [-0.25, -0.2) is 0 Å². The molecule has 0 radical (unpaired) electrons. The Morgan fingerprint density at radius 2 is 1.59 bits per heavy atom. The third kappa shape index (κ3) is 2.89. The van der Waals surface area contributed by atoms with Crippen molar-refractivity contribution in [3.8, 4) is 0 Å². The lowest BCUT2D eigenvalue weighted by atomic mass is 9.81. The Morgan fingerprint density at radius 3 is 2.26 bits per heavy atom. The Morgan fingerprint density at radius 1 is 0.941 bits per heavy atom. The summed E-state index contributed by atoms with van der Waals surface area (Å²) >= 11 is 0. The fraction of sp³-hybridized carbons (Fsp3) is 0.290. The fourth-order valence-electron chi connectivity index (χ4n) is 5.59. The maximum Gasteiger partial charge on any atom is 0.142 e. The highest BCUT2D eigenvalue weighted by atomic mass is 15.3. The van der Waals surface area contributed by atoms with Gasteiger partial charge in [0.25, 0.3) is 0 Å². The van der Waals surface area contributed by atoms with Crippen molar-refractivity contribution in [1.82, 2.24) is 0 Å². The van der Waals surface area contributed by atoms with Gasteiger partial charge in [-0.05, 0) is 69.9 Å². The normalized spacial score (nSPS) is 23.0. The molecule has 1 N–H and O–H groups in total. The minimum absolute atomic E-state index is 0.168. The zero-order chi connectivity index (χ0) is 24.5. The van der Waals surface area contributed by atoms with Crippen LogP contribution in [0.5, 0.6) is 0 Å². The van der Waals surface area contributed by atoms with Crippen molar-refractivity contribution in [3.63, 3.8) is 0 Å². The van der Waals surface area contributed by atoms with E-state index in [0.29, 0.717) is 5.84 Å². The monoisotopic (exact) mass is 447 g/mol. The van der Waals surface area contributed by atoms with Gasteiger partial charge in [-0.3, -0.25) is 15.3 Å². The second-order valence-corrected chi connectivity index (χ2v) is 10.6. The largest absolute Gasteiger partial charge is 0.287 e. The molecule has 0 bridgehead atoms. The summed E-state index contributed by atoms with van der Waals surface area (Å²) in [6.07, 6.45) is 0. The number of amidine groups is 2. The number of aryl methyl sites for hydroxylation is 2. The van der Waals surface area contributed by atoms with Crippen LogP contribution in [0.2, 0.25) is 0 Å². The van der Waals surface area contributed by atoms with E-state index in [9.17, 15) is 5.41 Å². The number of hydrogen-bond acceptors (Lipinski definition) is 2. The first-order valence-corrected chi connectivity index (χ1v) is 11.9. The van der Waals surface area contributed by atoms with Crippen LogP contribution < -0.4 is 4.90 Å².